The van der Waals surface area contributed by atoms with E-state index in [4.69, 9.17) is 10.8 Å². The van der Waals surface area contributed by atoms with Crippen molar-refractivity contribution in [3.63, 3.8) is 0 Å². The molecule has 0 saturated heterocycles. The number of aliphatic carboxylic acids is 2. The molecule has 4 unspecified atom stereocenters. The summed E-state index contributed by atoms with van der Waals surface area (Å²) in [7, 11) is 0. The number of nitrogens with one attached hydrogen (secondary N) is 3. The molecule has 0 fully saturated rings. The SMILES string of the molecule is CSCCC(NC(=O)C(CC(C)C)NC(=O)C(NC(=O)C(N)CCC(=O)O)C(C)C)C(=O)O. The van der Waals surface area contributed by atoms with Crippen molar-refractivity contribution >= 4 is 41.4 Å². The maximum absolute atomic E-state index is 12.9. The van der Waals surface area contributed by atoms with Crippen molar-refractivity contribution in [3.05, 3.63) is 0 Å². The number of carbonyl (C=O) groups is 5. The molecule has 12 heteroatoms. The second kappa shape index (κ2) is 15.5. The topological polar surface area (TPSA) is 188 Å². The summed E-state index contributed by atoms with van der Waals surface area (Å²) >= 11 is 1.46. The summed E-state index contributed by atoms with van der Waals surface area (Å²) in [5.41, 5.74) is 5.72. The number of carboxylic acid groups (broad SMARTS) is 2. The molecule has 0 aromatic heterocycles. The van der Waals surface area contributed by atoms with Crippen LogP contribution in [0.2, 0.25) is 0 Å². The van der Waals surface area contributed by atoms with Gasteiger partial charge in [-0.2, -0.15) is 11.8 Å². The highest BCUT2D eigenvalue weighted by atomic mass is 32.2. The first-order chi connectivity index (χ1) is 15.3. The minimum absolute atomic E-state index is 0.0204. The Balaban J connectivity index is 5.36. The van der Waals surface area contributed by atoms with E-state index in [1.54, 1.807) is 13.8 Å². The Hall–Kier alpha value is -2.34. The van der Waals surface area contributed by atoms with Crippen LogP contribution in [0.3, 0.4) is 0 Å². The molecule has 3 amide bonds. The van der Waals surface area contributed by atoms with Gasteiger partial charge in [-0.15, -0.1) is 0 Å². The quantitative estimate of drug-likeness (QED) is 0.175. The van der Waals surface area contributed by atoms with Crippen LogP contribution >= 0.6 is 11.8 Å². The molecule has 11 nitrogen and oxygen atoms in total. The molecule has 0 radical (unpaired) electrons. The lowest BCUT2D eigenvalue weighted by Crippen LogP contribution is -2.58. The van der Waals surface area contributed by atoms with Crippen molar-refractivity contribution in [2.24, 2.45) is 17.6 Å². The first kappa shape index (κ1) is 30.7. The minimum Gasteiger partial charge on any atom is -0.481 e. The predicted molar refractivity (Wildman–Crippen MR) is 126 cm³/mol. The highest BCUT2D eigenvalue weighted by molar-refractivity contribution is 7.98. The van der Waals surface area contributed by atoms with Gasteiger partial charge in [0.25, 0.3) is 0 Å². The Kier molecular flexibility index (Phi) is 14.4. The first-order valence-electron chi connectivity index (χ1n) is 10.9. The molecule has 0 aromatic carbocycles. The Morgan fingerprint density at radius 2 is 1.42 bits per heavy atom. The molecule has 0 bridgehead atoms. The van der Waals surface area contributed by atoms with Gasteiger partial charge in [0.15, 0.2) is 0 Å². The Bertz CT molecular complexity index is 688. The van der Waals surface area contributed by atoms with Gasteiger partial charge in [-0.05, 0) is 43.1 Å². The standard InChI is InChI=1S/C21H38N4O7S/c1-11(2)10-15(19(29)23-14(21(31)32)8-9-33-5)24-20(30)17(12(3)4)25-18(28)13(22)6-7-16(26)27/h11-15,17H,6-10,22H2,1-5H3,(H,23,29)(H,24,30)(H,25,28)(H,26,27)(H,31,32). The Labute approximate surface area is 199 Å². The first-order valence-corrected chi connectivity index (χ1v) is 12.3. The van der Waals surface area contributed by atoms with E-state index in [0.29, 0.717) is 5.75 Å². The van der Waals surface area contributed by atoms with Crippen molar-refractivity contribution in [2.45, 2.75) is 77.5 Å². The highest BCUT2D eigenvalue weighted by Gasteiger charge is 2.32. The molecule has 4 atom stereocenters. The van der Waals surface area contributed by atoms with Crippen molar-refractivity contribution in [1.82, 2.24) is 16.0 Å². The highest BCUT2D eigenvalue weighted by Crippen LogP contribution is 2.10. The van der Waals surface area contributed by atoms with Gasteiger partial charge in [-0.1, -0.05) is 27.7 Å². The number of amides is 3. The fourth-order valence-corrected chi connectivity index (χ4v) is 3.41. The van der Waals surface area contributed by atoms with E-state index < -0.39 is 53.8 Å². The molecule has 0 heterocycles. The van der Waals surface area contributed by atoms with Crippen molar-refractivity contribution in [2.75, 3.05) is 12.0 Å². The van der Waals surface area contributed by atoms with Gasteiger partial charge in [-0.3, -0.25) is 19.2 Å². The molecule has 0 rings (SSSR count). The number of carbonyl (C=O) groups excluding carboxylic acids is 3. The van der Waals surface area contributed by atoms with Gasteiger partial charge in [0.2, 0.25) is 17.7 Å². The fourth-order valence-electron chi connectivity index (χ4n) is 2.94. The summed E-state index contributed by atoms with van der Waals surface area (Å²) in [6, 6.07) is -4.18. The van der Waals surface area contributed by atoms with Gasteiger partial charge in [0, 0.05) is 6.42 Å². The van der Waals surface area contributed by atoms with Crippen LogP contribution in [0.4, 0.5) is 0 Å². The zero-order valence-electron chi connectivity index (χ0n) is 19.9. The number of nitrogens with two attached hydrogens (primary N) is 1. The summed E-state index contributed by atoms with van der Waals surface area (Å²) < 4.78 is 0. The molecule has 33 heavy (non-hydrogen) atoms. The number of hydrogen-bond acceptors (Lipinski definition) is 7. The van der Waals surface area contributed by atoms with E-state index in [0.717, 1.165) is 0 Å². The van der Waals surface area contributed by atoms with E-state index >= 15 is 0 Å². The molecule has 0 aliphatic carbocycles. The number of carboxylic acids is 2. The van der Waals surface area contributed by atoms with Gasteiger partial charge in [0.05, 0.1) is 6.04 Å². The third-order valence-electron chi connectivity index (χ3n) is 4.82. The van der Waals surface area contributed by atoms with E-state index in [2.05, 4.69) is 16.0 Å². The van der Waals surface area contributed by atoms with Gasteiger partial charge >= 0.3 is 11.9 Å². The van der Waals surface area contributed by atoms with E-state index in [1.807, 2.05) is 20.1 Å². The zero-order chi connectivity index (χ0) is 25.7. The monoisotopic (exact) mass is 490 g/mol. The van der Waals surface area contributed by atoms with E-state index in [9.17, 15) is 29.1 Å². The van der Waals surface area contributed by atoms with Crippen LogP contribution in [-0.4, -0.2) is 76.0 Å². The Morgan fingerprint density at radius 1 is 0.848 bits per heavy atom. The molecule has 190 valence electrons. The molecule has 0 aliphatic heterocycles. The smallest absolute Gasteiger partial charge is 0.326 e. The van der Waals surface area contributed by atoms with Crippen molar-refractivity contribution in [1.29, 1.82) is 0 Å². The van der Waals surface area contributed by atoms with Gasteiger partial charge in [0.1, 0.15) is 18.1 Å². The van der Waals surface area contributed by atoms with Crippen LogP contribution in [0, 0.1) is 11.8 Å². The average molecular weight is 491 g/mol. The molecule has 7 N–H and O–H groups in total. The Morgan fingerprint density at radius 3 is 1.88 bits per heavy atom. The van der Waals surface area contributed by atoms with Crippen molar-refractivity contribution in [3.8, 4) is 0 Å². The van der Waals surface area contributed by atoms with Crippen molar-refractivity contribution < 1.29 is 34.2 Å². The van der Waals surface area contributed by atoms with Crippen LogP contribution in [0.25, 0.3) is 0 Å². The van der Waals surface area contributed by atoms with Crippen LogP contribution in [0.5, 0.6) is 0 Å². The number of thioether (sulfide) groups is 1. The minimum atomic E-state index is -1.16. The van der Waals surface area contributed by atoms with Crippen LogP contribution in [-0.2, 0) is 24.0 Å². The third-order valence-corrected chi connectivity index (χ3v) is 5.46. The summed E-state index contributed by atoms with van der Waals surface area (Å²) in [6.07, 6.45) is 1.97. The lowest BCUT2D eigenvalue weighted by Gasteiger charge is -2.27. The molecular formula is C21H38N4O7S. The molecule has 0 spiro atoms. The zero-order valence-corrected chi connectivity index (χ0v) is 20.7. The lowest BCUT2D eigenvalue weighted by molar-refractivity contribution is -0.142. The fraction of sp³-hybridized carbons (Fsp3) is 0.762. The number of rotatable bonds is 16. The third kappa shape index (κ3) is 12.5. The maximum atomic E-state index is 12.9. The van der Waals surface area contributed by atoms with Gasteiger partial charge < -0.3 is 31.9 Å². The normalized spacial score (nSPS) is 14.8. The second-order valence-electron chi connectivity index (χ2n) is 8.64. The largest absolute Gasteiger partial charge is 0.481 e. The lowest BCUT2D eigenvalue weighted by atomic mass is 9.99. The summed E-state index contributed by atoms with van der Waals surface area (Å²) in [5, 5.41) is 25.8. The van der Waals surface area contributed by atoms with Crippen LogP contribution < -0.4 is 21.7 Å². The summed E-state index contributed by atoms with van der Waals surface area (Å²) in [6.45, 7) is 7.12. The average Bonchev–Trinajstić information content (AvgIpc) is 2.71. The van der Waals surface area contributed by atoms with Gasteiger partial charge in [-0.25, -0.2) is 4.79 Å². The van der Waals surface area contributed by atoms with E-state index in [-0.39, 0.29) is 37.5 Å². The van der Waals surface area contributed by atoms with Crippen LogP contribution in [0.1, 0.15) is 53.4 Å². The second-order valence-corrected chi connectivity index (χ2v) is 9.63. The molecule has 0 aliphatic rings. The maximum Gasteiger partial charge on any atom is 0.326 e. The summed E-state index contributed by atoms with van der Waals surface area (Å²) in [4.78, 5) is 60.2. The van der Waals surface area contributed by atoms with E-state index in [1.165, 1.54) is 11.8 Å². The molecular weight excluding hydrogens is 452 g/mol. The number of hydrogen-bond donors (Lipinski definition) is 6. The summed E-state index contributed by atoms with van der Waals surface area (Å²) in [5.74, 6) is -3.92. The predicted octanol–water partition coefficient (Wildman–Crippen LogP) is 0.173. The molecule has 0 aromatic rings. The van der Waals surface area contributed by atoms with Crippen LogP contribution in [0.15, 0.2) is 0 Å². The molecule has 0 saturated carbocycles.